The van der Waals surface area contributed by atoms with Crippen LogP contribution in [0.3, 0.4) is 0 Å². The van der Waals surface area contributed by atoms with E-state index in [1.807, 2.05) is 5.38 Å². The van der Waals surface area contributed by atoms with Gasteiger partial charge in [-0.2, -0.15) is 5.10 Å². The number of nitrogens with zero attached hydrogens (tertiary/aromatic N) is 3. The SMILES string of the molecule is CN=c1scc(-c2ccc(C)cc2)n1N=Cc1cc(OC)c(O)c(OC)c1. The number of phenols is 1. The molecule has 1 N–H and O–H groups in total. The average molecular weight is 383 g/mol. The summed E-state index contributed by atoms with van der Waals surface area (Å²) in [5, 5.41) is 16.7. The quantitative estimate of drug-likeness (QED) is 0.684. The Balaban J connectivity index is 2.05. The average Bonchev–Trinajstić information content (AvgIpc) is 3.10. The smallest absolute Gasteiger partial charge is 0.205 e. The molecule has 0 fully saturated rings. The Morgan fingerprint density at radius 1 is 1.07 bits per heavy atom. The zero-order valence-electron chi connectivity index (χ0n) is 15.6. The summed E-state index contributed by atoms with van der Waals surface area (Å²) in [4.78, 5) is 5.08. The van der Waals surface area contributed by atoms with Gasteiger partial charge >= 0.3 is 0 Å². The number of benzene rings is 2. The third kappa shape index (κ3) is 3.88. The number of aromatic nitrogens is 1. The Bertz CT molecular complexity index is 1010. The highest BCUT2D eigenvalue weighted by molar-refractivity contribution is 7.07. The van der Waals surface area contributed by atoms with Crippen LogP contribution in [0.4, 0.5) is 0 Å². The van der Waals surface area contributed by atoms with Crippen LogP contribution in [0.25, 0.3) is 11.3 Å². The number of aromatic hydroxyl groups is 1. The predicted octanol–water partition coefficient (Wildman–Crippen LogP) is 3.66. The Morgan fingerprint density at radius 3 is 2.26 bits per heavy atom. The highest BCUT2D eigenvalue weighted by Gasteiger charge is 2.11. The van der Waals surface area contributed by atoms with E-state index in [0.717, 1.165) is 21.6 Å². The second-order valence-corrected chi connectivity index (χ2v) is 6.66. The molecule has 0 aliphatic heterocycles. The van der Waals surface area contributed by atoms with Gasteiger partial charge in [0.15, 0.2) is 11.5 Å². The summed E-state index contributed by atoms with van der Waals surface area (Å²) >= 11 is 1.52. The van der Waals surface area contributed by atoms with E-state index in [2.05, 4.69) is 41.3 Å². The standard InChI is InChI=1S/C20H21N3O3S/c1-13-5-7-15(8-6-13)16-12-27-20(21-2)23(16)22-11-14-9-17(25-3)19(24)18(10-14)26-4/h5-12,24H,1-4H3. The fraction of sp³-hybridized carbons (Fsp3) is 0.200. The fourth-order valence-electron chi connectivity index (χ4n) is 2.60. The topological polar surface area (TPSA) is 68.3 Å². The lowest BCUT2D eigenvalue weighted by molar-refractivity contribution is 0.340. The minimum absolute atomic E-state index is 0.0371. The molecule has 0 amide bonds. The Morgan fingerprint density at radius 2 is 1.70 bits per heavy atom. The summed E-state index contributed by atoms with van der Waals surface area (Å²) in [5.41, 5.74) is 3.95. The Hall–Kier alpha value is -3.06. The molecule has 0 unspecified atom stereocenters. The molecule has 0 aliphatic carbocycles. The van der Waals surface area contributed by atoms with Crippen LogP contribution in [0, 0.1) is 6.92 Å². The van der Waals surface area contributed by atoms with E-state index in [0.29, 0.717) is 11.5 Å². The van der Waals surface area contributed by atoms with Gasteiger partial charge in [-0.15, -0.1) is 11.3 Å². The molecule has 0 bridgehead atoms. The third-order valence-electron chi connectivity index (χ3n) is 4.05. The van der Waals surface area contributed by atoms with E-state index in [9.17, 15) is 5.11 Å². The predicted molar refractivity (Wildman–Crippen MR) is 108 cm³/mol. The molecule has 3 rings (SSSR count). The summed E-state index contributed by atoms with van der Waals surface area (Å²) in [6.07, 6.45) is 1.68. The van der Waals surface area contributed by atoms with Crippen LogP contribution < -0.4 is 14.3 Å². The summed E-state index contributed by atoms with van der Waals surface area (Å²) < 4.78 is 12.2. The van der Waals surface area contributed by atoms with E-state index < -0.39 is 0 Å². The van der Waals surface area contributed by atoms with Gasteiger partial charge in [-0.3, -0.25) is 4.99 Å². The van der Waals surface area contributed by atoms with Crippen molar-refractivity contribution in [3.05, 3.63) is 57.7 Å². The van der Waals surface area contributed by atoms with Crippen molar-refractivity contribution in [1.29, 1.82) is 0 Å². The molecule has 3 aromatic rings. The van der Waals surface area contributed by atoms with Gasteiger partial charge in [0.2, 0.25) is 10.6 Å². The van der Waals surface area contributed by atoms with Crippen molar-refractivity contribution < 1.29 is 14.6 Å². The van der Waals surface area contributed by atoms with Crippen LogP contribution >= 0.6 is 11.3 Å². The van der Waals surface area contributed by atoms with Gasteiger partial charge in [0.05, 0.1) is 26.1 Å². The van der Waals surface area contributed by atoms with Crippen molar-refractivity contribution in [2.45, 2.75) is 6.92 Å². The molecule has 7 heteroatoms. The first-order valence-electron chi connectivity index (χ1n) is 8.27. The van der Waals surface area contributed by atoms with Gasteiger partial charge in [0.1, 0.15) is 0 Å². The number of thiazole rings is 1. The van der Waals surface area contributed by atoms with Gasteiger partial charge in [0, 0.05) is 23.6 Å². The maximum absolute atomic E-state index is 10.0. The van der Waals surface area contributed by atoms with Crippen molar-refractivity contribution in [2.75, 3.05) is 21.3 Å². The molecule has 140 valence electrons. The van der Waals surface area contributed by atoms with E-state index in [4.69, 9.17) is 9.47 Å². The molecule has 27 heavy (non-hydrogen) atoms. The summed E-state index contributed by atoms with van der Waals surface area (Å²) in [7, 11) is 4.72. The Kier molecular flexibility index (Phi) is 5.61. The molecule has 0 radical (unpaired) electrons. The maximum Gasteiger partial charge on any atom is 0.205 e. The molecule has 1 aromatic heterocycles. The first-order chi connectivity index (χ1) is 13.1. The lowest BCUT2D eigenvalue weighted by Gasteiger charge is -2.09. The lowest BCUT2D eigenvalue weighted by atomic mass is 10.1. The van der Waals surface area contributed by atoms with E-state index >= 15 is 0 Å². The van der Waals surface area contributed by atoms with Gasteiger partial charge in [-0.1, -0.05) is 29.8 Å². The number of methoxy groups -OCH3 is 2. The molecule has 0 saturated carbocycles. The van der Waals surface area contributed by atoms with Gasteiger partial charge in [-0.25, -0.2) is 4.68 Å². The van der Waals surface area contributed by atoms with Gasteiger partial charge in [-0.05, 0) is 19.1 Å². The second-order valence-electron chi connectivity index (χ2n) is 5.82. The van der Waals surface area contributed by atoms with Crippen molar-refractivity contribution in [3.63, 3.8) is 0 Å². The van der Waals surface area contributed by atoms with Crippen molar-refractivity contribution in [2.24, 2.45) is 10.1 Å². The van der Waals surface area contributed by atoms with E-state index in [-0.39, 0.29) is 5.75 Å². The minimum Gasteiger partial charge on any atom is -0.502 e. The van der Waals surface area contributed by atoms with Gasteiger partial charge < -0.3 is 14.6 Å². The normalized spacial score (nSPS) is 11.9. The fourth-order valence-corrected chi connectivity index (χ4v) is 3.40. The summed E-state index contributed by atoms with van der Waals surface area (Å²) in [5.74, 6) is 0.612. The number of aryl methyl sites for hydroxylation is 1. The number of ether oxygens (including phenoxy) is 2. The van der Waals surface area contributed by atoms with Crippen LogP contribution in [0.15, 0.2) is 51.9 Å². The van der Waals surface area contributed by atoms with Crippen LogP contribution in [-0.4, -0.2) is 37.3 Å². The maximum atomic E-state index is 10.0. The molecule has 1 heterocycles. The monoisotopic (exact) mass is 383 g/mol. The van der Waals surface area contributed by atoms with Crippen molar-refractivity contribution in [3.8, 4) is 28.5 Å². The molecule has 0 aliphatic rings. The molecule has 0 saturated heterocycles. The highest BCUT2D eigenvalue weighted by atomic mass is 32.1. The third-order valence-corrected chi connectivity index (χ3v) is 4.96. The highest BCUT2D eigenvalue weighted by Crippen LogP contribution is 2.36. The molecular weight excluding hydrogens is 362 g/mol. The zero-order chi connectivity index (χ0) is 19.4. The van der Waals surface area contributed by atoms with Crippen LogP contribution in [0.5, 0.6) is 17.2 Å². The number of hydrogen-bond donors (Lipinski definition) is 1. The Labute approximate surface area is 161 Å². The van der Waals surface area contributed by atoms with Crippen molar-refractivity contribution >= 4 is 17.6 Å². The largest absolute Gasteiger partial charge is 0.502 e. The number of phenolic OH excluding ortho intramolecular Hbond substituents is 1. The van der Waals surface area contributed by atoms with E-state index in [1.54, 1.807) is 30.1 Å². The first kappa shape index (κ1) is 18.7. The second kappa shape index (κ2) is 8.09. The molecule has 2 aromatic carbocycles. The molecule has 0 spiro atoms. The first-order valence-corrected chi connectivity index (χ1v) is 9.15. The number of rotatable bonds is 5. The number of hydrogen-bond acceptors (Lipinski definition) is 6. The van der Waals surface area contributed by atoms with Gasteiger partial charge in [0.25, 0.3) is 0 Å². The molecule has 6 nitrogen and oxygen atoms in total. The van der Waals surface area contributed by atoms with Crippen molar-refractivity contribution in [1.82, 2.24) is 4.68 Å². The van der Waals surface area contributed by atoms with Crippen LogP contribution in [-0.2, 0) is 0 Å². The molecule has 0 atom stereocenters. The van der Waals surface area contributed by atoms with Crippen LogP contribution in [0.2, 0.25) is 0 Å². The zero-order valence-corrected chi connectivity index (χ0v) is 16.4. The summed E-state index contributed by atoms with van der Waals surface area (Å²) in [6.45, 7) is 2.06. The molecular formula is C20H21N3O3S. The van der Waals surface area contributed by atoms with E-state index in [1.165, 1.54) is 31.1 Å². The van der Waals surface area contributed by atoms with Crippen LogP contribution in [0.1, 0.15) is 11.1 Å². The lowest BCUT2D eigenvalue weighted by Crippen LogP contribution is -2.11. The summed E-state index contributed by atoms with van der Waals surface area (Å²) in [6, 6.07) is 11.7. The minimum atomic E-state index is -0.0371.